The second kappa shape index (κ2) is 12.1. The average molecular weight is 494 g/mol. The molecule has 0 radical (unpaired) electrons. The van der Waals surface area contributed by atoms with Gasteiger partial charge in [0.15, 0.2) is 11.5 Å². The number of ketones is 1. The SMILES string of the molecule is COCCN(C(=O)C(=O)c1cc(OCc2ccccc2)c(OC)cc1C(F)(F)F)C1CCCCC1. The fourth-order valence-corrected chi connectivity index (χ4v) is 4.27. The number of rotatable bonds is 10. The number of amides is 1. The molecule has 1 aliphatic carbocycles. The van der Waals surface area contributed by atoms with Gasteiger partial charge in [0.1, 0.15) is 6.61 Å². The maximum Gasteiger partial charge on any atom is 0.417 e. The van der Waals surface area contributed by atoms with Crippen LogP contribution < -0.4 is 9.47 Å². The van der Waals surface area contributed by atoms with Gasteiger partial charge in [-0.15, -0.1) is 0 Å². The van der Waals surface area contributed by atoms with Gasteiger partial charge in [-0.2, -0.15) is 13.2 Å². The number of alkyl halides is 3. The molecular formula is C26H30F3NO5. The Morgan fingerprint density at radius 3 is 2.29 bits per heavy atom. The Kier molecular flexibility index (Phi) is 9.14. The van der Waals surface area contributed by atoms with E-state index in [-0.39, 0.29) is 37.3 Å². The molecule has 0 bridgehead atoms. The van der Waals surface area contributed by atoms with E-state index < -0.39 is 29.0 Å². The highest BCUT2D eigenvalue weighted by molar-refractivity contribution is 6.43. The molecule has 0 heterocycles. The third-order valence-electron chi connectivity index (χ3n) is 6.10. The summed E-state index contributed by atoms with van der Waals surface area (Å²) in [5.41, 5.74) is -1.22. The van der Waals surface area contributed by atoms with Crippen LogP contribution in [0.25, 0.3) is 0 Å². The van der Waals surface area contributed by atoms with Gasteiger partial charge >= 0.3 is 6.18 Å². The maximum atomic E-state index is 13.9. The monoisotopic (exact) mass is 493 g/mol. The maximum absolute atomic E-state index is 13.9. The lowest BCUT2D eigenvalue weighted by atomic mass is 9.93. The first-order valence-electron chi connectivity index (χ1n) is 11.6. The van der Waals surface area contributed by atoms with E-state index in [9.17, 15) is 22.8 Å². The fourth-order valence-electron chi connectivity index (χ4n) is 4.27. The number of benzene rings is 2. The van der Waals surface area contributed by atoms with Gasteiger partial charge in [-0.25, -0.2) is 0 Å². The number of Topliss-reactive ketones (excluding diaryl/α,β-unsaturated/α-hetero) is 1. The van der Waals surface area contributed by atoms with Crippen molar-refractivity contribution in [3.8, 4) is 11.5 Å². The molecule has 2 aromatic rings. The lowest BCUT2D eigenvalue weighted by molar-refractivity contribution is -0.138. The smallest absolute Gasteiger partial charge is 0.417 e. The van der Waals surface area contributed by atoms with Gasteiger partial charge in [-0.3, -0.25) is 9.59 Å². The van der Waals surface area contributed by atoms with Crippen molar-refractivity contribution >= 4 is 11.7 Å². The van der Waals surface area contributed by atoms with Crippen molar-refractivity contribution < 1.29 is 37.0 Å². The lowest BCUT2D eigenvalue weighted by Crippen LogP contribution is -2.46. The zero-order valence-electron chi connectivity index (χ0n) is 19.9. The first-order valence-corrected chi connectivity index (χ1v) is 11.6. The van der Waals surface area contributed by atoms with E-state index >= 15 is 0 Å². The Balaban J connectivity index is 1.97. The molecule has 1 fully saturated rings. The quantitative estimate of drug-likeness (QED) is 0.333. The molecule has 0 saturated heterocycles. The number of halogens is 3. The van der Waals surface area contributed by atoms with Crippen LogP contribution in [0, 0.1) is 0 Å². The molecule has 9 heteroatoms. The highest BCUT2D eigenvalue weighted by atomic mass is 19.4. The molecule has 0 N–H and O–H groups in total. The van der Waals surface area contributed by atoms with Crippen LogP contribution in [0.1, 0.15) is 53.6 Å². The van der Waals surface area contributed by atoms with Crippen molar-refractivity contribution in [1.82, 2.24) is 4.90 Å². The summed E-state index contributed by atoms with van der Waals surface area (Å²) in [5, 5.41) is 0. The van der Waals surface area contributed by atoms with Crippen LogP contribution in [0.15, 0.2) is 42.5 Å². The number of methoxy groups -OCH3 is 2. The van der Waals surface area contributed by atoms with Gasteiger partial charge in [0.2, 0.25) is 0 Å². The van der Waals surface area contributed by atoms with Crippen LogP contribution in [-0.2, 0) is 22.3 Å². The number of hydrogen-bond acceptors (Lipinski definition) is 5. The number of carbonyl (C=O) groups is 2. The van der Waals surface area contributed by atoms with Crippen molar-refractivity contribution in [2.45, 2.75) is 50.9 Å². The van der Waals surface area contributed by atoms with Crippen molar-refractivity contribution in [2.75, 3.05) is 27.4 Å². The van der Waals surface area contributed by atoms with Crippen LogP contribution in [0.2, 0.25) is 0 Å². The first-order chi connectivity index (χ1) is 16.8. The zero-order chi connectivity index (χ0) is 25.4. The van der Waals surface area contributed by atoms with Gasteiger partial charge < -0.3 is 19.1 Å². The van der Waals surface area contributed by atoms with Crippen LogP contribution in [0.3, 0.4) is 0 Å². The summed E-state index contributed by atoms with van der Waals surface area (Å²) in [6.45, 7) is 0.350. The molecule has 0 spiro atoms. The molecule has 1 saturated carbocycles. The molecule has 0 unspecified atom stereocenters. The third kappa shape index (κ3) is 6.75. The van der Waals surface area contributed by atoms with Crippen molar-refractivity contribution in [1.29, 1.82) is 0 Å². The van der Waals surface area contributed by atoms with Gasteiger partial charge in [0, 0.05) is 25.3 Å². The van der Waals surface area contributed by atoms with E-state index in [4.69, 9.17) is 14.2 Å². The molecule has 0 atom stereocenters. The van der Waals surface area contributed by atoms with E-state index in [1.807, 2.05) is 6.07 Å². The summed E-state index contributed by atoms with van der Waals surface area (Å²) < 4.78 is 57.7. The average Bonchev–Trinajstić information content (AvgIpc) is 2.87. The molecular weight excluding hydrogens is 463 g/mol. The van der Waals surface area contributed by atoms with Crippen LogP contribution >= 0.6 is 0 Å². The van der Waals surface area contributed by atoms with E-state index in [0.717, 1.165) is 30.9 Å². The van der Waals surface area contributed by atoms with E-state index in [0.29, 0.717) is 18.9 Å². The number of hydrogen-bond donors (Lipinski definition) is 0. The summed E-state index contributed by atoms with van der Waals surface area (Å²) in [6, 6.07) is 10.5. The second-order valence-electron chi connectivity index (χ2n) is 8.43. The van der Waals surface area contributed by atoms with E-state index in [1.54, 1.807) is 24.3 Å². The van der Waals surface area contributed by atoms with Gasteiger partial charge in [-0.1, -0.05) is 49.6 Å². The predicted molar refractivity (Wildman–Crippen MR) is 124 cm³/mol. The third-order valence-corrected chi connectivity index (χ3v) is 6.10. The second-order valence-corrected chi connectivity index (χ2v) is 8.43. The molecule has 1 amide bonds. The lowest BCUT2D eigenvalue weighted by Gasteiger charge is -2.34. The molecule has 35 heavy (non-hydrogen) atoms. The fraction of sp³-hybridized carbons (Fsp3) is 0.462. The number of nitrogens with zero attached hydrogens (tertiary/aromatic N) is 1. The predicted octanol–water partition coefficient (Wildman–Crippen LogP) is 5.28. The topological polar surface area (TPSA) is 65.1 Å². The minimum atomic E-state index is -4.88. The molecule has 190 valence electrons. The Hall–Kier alpha value is -3.07. The Bertz CT molecular complexity index is 1000. The Morgan fingerprint density at radius 2 is 1.69 bits per heavy atom. The summed E-state index contributed by atoms with van der Waals surface area (Å²) in [7, 11) is 2.68. The minimum absolute atomic E-state index is 0.0478. The van der Waals surface area contributed by atoms with Crippen LogP contribution in [0.4, 0.5) is 13.2 Å². The van der Waals surface area contributed by atoms with Gasteiger partial charge in [0.05, 0.1) is 19.3 Å². The highest BCUT2D eigenvalue weighted by Gasteiger charge is 2.40. The standard InChI is InChI=1S/C26H30F3NO5/c1-33-14-13-30(19-11-7-4-8-12-19)25(32)24(31)20-15-23(35-17-18-9-5-3-6-10-18)22(34-2)16-21(20)26(27,28)29/h3,5-6,9-10,15-16,19H,4,7-8,11-14,17H2,1-2H3. The van der Waals surface area contributed by atoms with Crippen molar-refractivity contribution in [3.05, 3.63) is 59.2 Å². The molecule has 1 aliphatic rings. The van der Waals surface area contributed by atoms with Crippen molar-refractivity contribution in [2.24, 2.45) is 0 Å². The van der Waals surface area contributed by atoms with Crippen molar-refractivity contribution in [3.63, 3.8) is 0 Å². The summed E-state index contributed by atoms with van der Waals surface area (Å²) in [4.78, 5) is 27.9. The van der Waals surface area contributed by atoms with Gasteiger partial charge in [0.25, 0.3) is 11.7 Å². The first kappa shape index (κ1) is 26.5. The molecule has 0 aromatic heterocycles. The Labute approximate surface area is 203 Å². The highest BCUT2D eigenvalue weighted by Crippen LogP contribution is 2.40. The van der Waals surface area contributed by atoms with E-state index in [1.165, 1.54) is 19.1 Å². The molecule has 0 aliphatic heterocycles. The largest absolute Gasteiger partial charge is 0.493 e. The number of ether oxygens (including phenoxy) is 3. The minimum Gasteiger partial charge on any atom is -0.493 e. The Morgan fingerprint density at radius 1 is 1.00 bits per heavy atom. The van der Waals surface area contributed by atoms with E-state index in [2.05, 4.69) is 0 Å². The van der Waals surface area contributed by atoms with Gasteiger partial charge in [-0.05, 0) is 30.5 Å². The molecule has 3 rings (SSSR count). The zero-order valence-corrected chi connectivity index (χ0v) is 19.9. The normalized spacial score (nSPS) is 14.4. The molecule has 6 nitrogen and oxygen atoms in total. The number of carbonyl (C=O) groups excluding carboxylic acids is 2. The summed E-state index contributed by atoms with van der Waals surface area (Å²) in [6.07, 6.45) is -0.674. The van der Waals surface area contributed by atoms with Crippen LogP contribution in [0.5, 0.6) is 11.5 Å². The molecule has 2 aromatic carbocycles. The van der Waals surface area contributed by atoms with Crippen LogP contribution in [-0.4, -0.2) is 50.0 Å². The summed E-state index contributed by atoms with van der Waals surface area (Å²) in [5.74, 6) is -2.44. The summed E-state index contributed by atoms with van der Waals surface area (Å²) >= 11 is 0.